The lowest BCUT2D eigenvalue weighted by Gasteiger charge is -2.29. The Morgan fingerprint density at radius 3 is 2.53 bits per heavy atom. The fourth-order valence-corrected chi connectivity index (χ4v) is 4.24. The first-order valence-corrected chi connectivity index (χ1v) is 11.7. The Labute approximate surface area is 219 Å². The molecule has 0 saturated carbocycles. The van der Waals surface area contributed by atoms with E-state index in [9.17, 15) is 32.3 Å². The average Bonchev–Trinajstić information content (AvgIpc) is 3.10. The molecule has 9 nitrogen and oxygen atoms in total. The number of halogens is 4. The standard InChI is InChI=1S/C25H21ClF3N5O4/c1-13-5-8-20(23(37)31-13)34-22(36)11-19(24(34)38)32-15-4-2-3-14(9-15)30-12-21(35)33-16-6-7-17(18(26)10-16)25(27,28)29/h2-4,6-7,9-11,20,30,32H,1,5,8,12H2,(H,31,37)(H,33,35). The molecule has 2 aliphatic heterocycles. The number of hydrogen-bond acceptors (Lipinski definition) is 6. The van der Waals surface area contributed by atoms with Crippen molar-refractivity contribution in [1.29, 1.82) is 0 Å². The van der Waals surface area contributed by atoms with Crippen molar-refractivity contribution in [2.24, 2.45) is 0 Å². The van der Waals surface area contributed by atoms with Gasteiger partial charge in [0, 0.05) is 28.8 Å². The van der Waals surface area contributed by atoms with Crippen molar-refractivity contribution >= 4 is 52.3 Å². The van der Waals surface area contributed by atoms with Crippen molar-refractivity contribution in [3.05, 3.63) is 77.1 Å². The summed E-state index contributed by atoms with van der Waals surface area (Å²) in [5.41, 5.74) is 0.519. The number of rotatable bonds is 7. The molecule has 4 amide bonds. The number of nitrogens with zero attached hydrogens (tertiary/aromatic N) is 1. The number of alkyl halides is 3. The van der Waals surface area contributed by atoms with Gasteiger partial charge in [-0.3, -0.25) is 24.1 Å². The van der Waals surface area contributed by atoms with Gasteiger partial charge in [-0.25, -0.2) is 0 Å². The average molecular weight is 548 g/mol. The predicted molar refractivity (Wildman–Crippen MR) is 134 cm³/mol. The van der Waals surface area contributed by atoms with E-state index in [4.69, 9.17) is 11.6 Å². The van der Waals surface area contributed by atoms with Crippen LogP contribution in [-0.2, 0) is 25.4 Å². The summed E-state index contributed by atoms with van der Waals surface area (Å²) < 4.78 is 38.5. The summed E-state index contributed by atoms with van der Waals surface area (Å²) in [6.07, 6.45) is -2.76. The summed E-state index contributed by atoms with van der Waals surface area (Å²) in [6.45, 7) is 3.46. The lowest BCUT2D eigenvalue weighted by atomic mass is 10.0. The molecule has 1 atom stereocenters. The molecule has 2 heterocycles. The van der Waals surface area contributed by atoms with Crippen LogP contribution in [0.2, 0.25) is 5.02 Å². The quantitative estimate of drug-likeness (QED) is 0.391. The highest BCUT2D eigenvalue weighted by Gasteiger charge is 2.41. The number of piperidine rings is 1. The van der Waals surface area contributed by atoms with E-state index in [1.165, 1.54) is 0 Å². The van der Waals surface area contributed by atoms with Gasteiger partial charge >= 0.3 is 6.18 Å². The predicted octanol–water partition coefficient (Wildman–Crippen LogP) is 3.87. The Kier molecular flexibility index (Phi) is 7.44. The molecule has 4 rings (SSSR count). The summed E-state index contributed by atoms with van der Waals surface area (Å²) in [7, 11) is 0. The summed E-state index contributed by atoms with van der Waals surface area (Å²) in [5, 5.41) is 10.2. The lowest BCUT2D eigenvalue weighted by molar-refractivity contribution is -0.146. The van der Waals surface area contributed by atoms with E-state index in [0.29, 0.717) is 23.5 Å². The van der Waals surface area contributed by atoms with Crippen LogP contribution in [0.3, 0.4) is 0 Å². The van der Waals surface area contributed by atoms with Crippen LogP contribution >= 0.6 is 11.6 Å². The largest absolute Gasteiger partial charge is 0.417 e. The van der Waals surface area contributed by atoms with E-state index in [-0.39, 0.29) is 24.4 Å². The van der Waals surface area contributed by atoms with E-state index in [0.717, 1.165) is 29.2 Å². The summed E-state index contributed by atoms with van der Waals surface area (Å²) in [5.74, 6) is -2.27. The Morgan fingerprint density at radius 1 is 1.11 bits per heavy atom. The maximum absolute atomic E-state index is 12.9. The molecule has 0 radical (unpaired) electrons. The number of anilines is 3. The first kappa shape index (κ1) is 26.7. The highest BCUT2D eigenvalue weighted by atomic mass is 35.5. The van der Waals surface area contributed by atoms with Crippen LogP contribution in [0.1, 0.15) is 18.4 Å². The van der Waals surface area contributed by atoms with Gasteiger partial charge in [0.05, 0.1) is 17.1 Å². The minimum atomic E-state index is -4.61. The molecular formula is C25H21ClF3N5O4. The van der Waals surface area contributed by atoms with Crippen molar-refractivity contribution in [3.63, 3.8) is 0 Å². The molecule has 13 heteroatoms. The Bertz CT molecular complexity index is 1380. The molecule has 0 aromatic heterocycles. The minimum Gasteiger partial charge on any atom is -0.376 e. The molecule has 0 bridgehead atoms. The third-order valence-electron chi connectivity index (χ3n) is 5.74. The van der Waals surface area contributed by atoms with Crippen molar-refractivity contribution in [3.8, 4) is 0 Å². The maximum Gasteiger partial charge on any atom is 0.417 e. The fraction of sp³-hybridized carbons (Fsp3) is 0.200. The van der Waals surface area contributed by atoms with Crippen LogP contribution in [0.15, 0.2) is 66.5 Å². The number of benzene rings is 2. The highest BCUT2D eigenvalue weighted by Crippen LogP contribution is 2.35. The highest BCUT2D eigenvalue weighted by molar-refractivity contribution is 6.31. The topological polar surface area (TPSA) is 120 Å². The molecule has 1 unspecified atom stereocenters. The van der Waals surface area contributed by atoms with Gasteiger partial charge in [-0.05, 0) is 49.2 Å². The van der Waals surface area contributed by atoms with Crippen molar-refractivity contribution in [1.82, 2.24) is 10.2 Å². The molecule has 2 aromatic rings. The van der Waals surface area contributed by atoms with Crippen molar-refractivity contribution in [2.45, 2.75) is 25.1 Å². The molecule has 2 aromatic carbocycles. The molecule has 0 aliphatic carbocycles. The zero-order valence-electron chi connectivity index (χ0n) is 19.6. The maximum atomic E-state index is 12.9. The van der Waals surface area contributed by atoms with Gasteiger partial charge in [-0.1, -0.05) is 24.2 Å². The first-order chi connectivity index (χ1) is 17.9. The Hall–Kier alpha value is -4.32. The number of carbonyl (C=O) groups excluding carboxylic acids is 4. The second-order valence-electron chi connectivity index (χ2n) is 8.52. The Morgan fingerprint density at radius 2 is 1.84 bits per heavy atom. The fourth-order valence-electron chi connectivity index (χ4n) is 3.95. The van der Waals surface area contributed by atoms with E-state index in [2.05, 4.69) is 27.8 Å². The number of carbonyl (C=O) groups is 4. The smallest absolute Gasteiger partial charge is 0.376 e. The van der Waals surface area contributed by atoms with Gasteiger partial charge in [0.2, 0.25) is 11.8 Å². The number of imide groups is 1. The van der Waals surface area contributed by atoms with Crippen LogP contribution in [0, 0.1) is 0 Å². The molecule has 2 aliphatic rings. The lowest BCUT2D eigenvalue weighted by Crippen LogP contribution is -2.52. The monoisotopic (exact) mass is 547 g/mol. The SMILES string of the molecule is C=C1CCC(N2C(=O)C=C(Nc3cccc(NCC(=O)Nc4ccc(C(F)(F)F)c(Cl)c4)c3)C2=O)C(=O)N1. The van der Waals surface area contributed by atoms with Crippen LogP contribution < -0.4 is 21.3 Å². The number of amides is 4. The van der Waals surface area contributed by atoms with Gasteiger partial charge in [0.1, 0.15) is 11.7 Å². The van der Waals surface area contributed by atoms with E-state index in [1.807, 2.05) is 0 Å². The van der Waals surface area contributed by atoms with E-state index < -0.39 is 46.4 Å². The molecular weight excluding hydrogens is 527 g/mol. The van der Waals surface area contributed by atoms with Gasteiger partial charge in [0.15, 0.2) is 0 Å². The van der Waals surface area contributed by atoms with Gasteiger partial charge in [-0.2, -0.15) is 13.2 Å². The number of hydrogen-bond donors (Lipinski definition) is 4. The van der Waals surface area contributed by atoms with E-state index >= 15 is 0 Å². The van der Waals surface area contributed by atoms with Gasteiger partial charge in [0.25, 0.3) is 11.8 Å². The summed E-state index contributed by atoms with van der Waals surface area (Å²) in [6, 6.07) is 8.46. The number of allylic oxidation sites excluding steroid dienone is 1. The molecule has 198 valence electrons. The van der Waals surface area contributed by atoms with Crippen LogP contribution in [0.25, 0.3) is 0 Å². The van der Waals surface area contributed by atoms with Crippen LogP contribution in [0.5, 0.6) is 0 Å². The van der Waals surface area contributed by atoms with Crippen LogP contribution in [0.4, 0.5) is 30.2 Å². The second kappa shape index (κ2) is 10.6. The van der Waals surface area contributed by atoms with Gasteiger partial charge in [-0.15, -0.1) is 0 Å². The molecule has 0 spiro atoms. The van der Waals surface area contributed by atoms with Gasteiger partial charge < -0.3 is 21.3 Å². The third kappa shape index (κ3) is 5.97. The molecule has 4 N–H and O–H groups in total. The summed E-state index contributed by atoms with van der Waals surface area (Å²) >= 11 is 5.67. The normalized spacial score (nSPS) is 17.7. The Balaban J connectivity index is 1.34. The molecule has 1 fully saturated rings. The summed E-state index contributed by atoms with van der Waals surface area (Å²) in [4.78, 5) is 50.7. The number of nitrogens with one attached hydrogen (secondary N) is 4. The zero-order chi connectivity index (χ0) is 27.6. The molecule has 1 saturated heterocycles. The van der Waals surface area contributed by atoms with Crippen molar-refractivity contribution < 1.29 is 32.3 Å². The van der Waals surface area contributed by atoms with E-state index in [1.54, 1.807) is 24.3 Å². The zero-order valence-corrected chi connectivity index (χ0v) is 20.4. The van der Waals surface area contributed by atoms with Crippen LogP contribution in [-0.4, -0.2) is 41.1 Å². The second-order valence-corrected chi connectivity index (χ2v) is 8.93. The first-order valence-electron chi connectivity index (χ1n) is 11.3. The van der Waals surface area contributed by atoms with Crippen molar-refractivity contribution in [2.75, 3.05) is 22.5 Å². The minimum absolute atomic E-state index is 0.0127. The molecule has 38 heavy (non-hydrogen) atoms. The third-order valence-corrected chi connectivity index (χ3v) is 6.05.